The average molecular weight is 381 g/mol. The minimum Gasteiger partial charge on any atom is -0.342 e. The topological polar surface area (TPSA) is 85.0 Å². The third-order valence-electron chi connectivity index (χ3n) is 4.95. The highest BCUT2D eigenvalue weighted by molar-refractivity contribution is 5.79. The maximum Gasteiger partial charge on any atom is 0.278 e. The van der Waals surface area contributed by atoms with E-state index in [-0.39, 0.29) is 24.1 Å². The Morgan fingerprint density at radius 2 is 2.00 bits per heavy atom. The second-order valence-electron chi connectivity index (χ2n) is 6.92. The van der Waals surface area contributed by atoms with Crippen LogP contribution in [0.4, 0.5) is 4.39 Å². The van der Waals surface area contributed by atoms with Gasteiger partial charge in [-0.1, -0.05) is 23.4 Å². The number of piperidine rings is 1. The minimum absolute atomic E-state index is 0.0627. The Bertz CT molecular complexity index is 965. The lowest BCUT2D eigenvalue weighted by Crippen LogP contribution is -2.39. The van der Waals surface area contributed by atoms with Gasteiger partial charge >= 0.3 is 0 Å². The summed E-state index contributed by atoms with van der Waals surface area (Å²) in [7, 11) is 0. The number of likely N-dealkylation sites (tertiary alicyclic amines) is 1. The van der Waals surface area contributed by atoms with Crippen LogP contribution in [0.2, 0.25) is 0 Å². The van der Waals surface area contributed by atoms with Gasteiger partial charge in [-0.2, -0.15) is 4.98 Å². The number of carbonyl (C=O) groups is 1. The van der Waals surface area contributed by atoms with Crippen LogP contribution in [0.1, 0.15) is 35.8 Å². The van der Waals surface area contributed by atoms with Crippen molar-refractivity contribution in [2.75, 3.05) is 13.1 Å². The summed E-state index contributed by atoms with van der Waals surface area (Å²) in [6.07, 6.45) is 4.81. The number of aromatic nitrogens is 4. The Morgan fingerprint density at radius 3 is 2.71 bits per heavy atom. The third kappa shape index (κ3) is 3.90. The molecule has 7 nitrogen and oxygen atoms in total. The zero-order valence-corrected chi connectivity index (χ0v) is 15.5. The molecule has 1 aliphatic heterocycles. The first kappa shape index (κ1) is 18.2. The summed E-state index contributed by atoms with van der Waals surface area (Å²) >= 11 is 0. The van der Waals surface area contributed by atoms with Gasteiger partial charge in [-0.15, -0.1) is 0 Å². The SMILES string of the molecule is Cc1cnc(-c2nc(C3CCN(C(=O)Cc4ccccc4F)CC3)no2)cn1. The fourth-order valence-electron chi connectivity index (χ4n) is 3.31. The molecule has 0 radical (unpaired) electrons. The maximum absolute atomic E-state index is 13.8. The lowest BCUT2D eigenvalue weighted by Gasteiger charge is -2.30. The van der Waals surface area contributed by atoms with Crippen molar-refractivity contribution in [2.45, 2.75) is 32.1 Å². The molecule has 1 amide bonds. The number of carbonyl (C=O) groups excluding carboxylic acids is 1. The minimum atomic E-state index is -0.343. The first-order chi connectivity index (χ1) is 13.6. The van der Waals surface area contributed by atoms with E-state index in [1.807, 2.05) is 6.92 Å². The Balaban J connectivity index is 1.36. The Hall–Kier alpha value is -3.16. The van der Waals surface area contributed by atoms with Gasteiger partial charge in [0.15, 0.2) is 5.82 Å². The van der Waals surface area contributed by atoms with Gasteiger partial charge in [-0.25, -0.2) is 9.37 Å². The molecule has 3 aromatic rings. The molecule has 1 saturated heterocycles. The molecule has 4 rings (SSSR count). The van der Waals surface area contributed by atoms with Crippen molar-refractivity contribution in [1.29, 1.82) is 0 Å². The molecule has 1 aromatic carbocycles. The van der Waals surface area contributed by atoms with Crippen LogP contribution in [0.3, 0.4) is 0 Å². The monoisotopic (exact) mass is 381 g/mol. The molecule has 144 valence electrons. The number of aryl methyl sites for hydroxylation is 1. The number of hydrogen-bond donors (Lipinski definition) is 0. The summed E-state index contributed by atoms with van der Waals surface area (Å²) in [5.41, 5.74) is 1.79. The lowest BCUT2D eigenvalue weighted by atomic mass is 9.95. The lowest BCUT2D eigenvalue weighted by molar-refractivity contribution is -0.131. The van der Waals surface area contributed by atoms with Crippen LogP contribution in [0, 0.1) is 12.7 Å². The quantitative estimate of drug-likeness (QED) is 0.691. The van der Waals surface area contributed by atoms with Gasteiger partial charge < -0.3 is 9.42 Å². The van der Waals surface area contributed by atoms with Gasteiger partial charge in [0.25, 0.3) is 5.89 Å². The van der Waals surface area contributed by atoms with Crippen molar-refractivity contribution < 1.29 is 13.7 Å². The predicted octanol–water partition coefficient (Wildman–Crippen LogP) is 2.92. The second-order valence-corrected chi connectivity index (χ2v) is 6.92. The van der Waals surface area contributed by atoms with Crippen molar-refractivity contribution in [3.05, 3.63) is 59.6 Å². The average Bonchev–Trinajstić information content (AvgIpc) is 3.20. The van der Waals surface area contributed by atoms with Crippen molar-refractivity contribution in [2.24, 2.45) is 0 Å². The first-order valence-corrected chi connectivity index (χ1v) is 9.24. The number of rotatable bonds is 4. The summed E-state index contributed by atoms with van der Waals surface area (Å²) < 4.78 is 19.1. The van der Waals surface area contributed by atoms with Gasteiger partial charge in [0.05, 0.1) is 18.3 Å². The van der Waals surface area contributed by atoms with Crippen molar-refractivity contribution in [1.82, 2.24) is 25.0 Å². The number of halogens is 1. The normalized spacial score (nSPS) is 15.0. The Morgan fingerprint density at radius 1 is 1.21 bits per heavy atom. The highest BCUT2D eigenvalue weighted by atomic mass is 19.1. The molecule has 2 aromatic heterocycles. The van der Waals surface area contributed by atoms with Crippen LogP contribution in [0.15, 0.2) is 41.2 Å². The predicted molar refractivity (Wildman–Crippen MR) is 98.7 cm³/mol. The number of amides is 1. The molecule has 28 heavy (non-hydrogen) atoms. The van der Waals surface area contributed by atoms with Gasteiger partial charge in [-0.3, -0.25) is 9.78 Å². The van der Waals surface area contributed by atoms with Crippen LogP contribution in [-0.4, -0.2) is 44.0 Å². The van der Waals surface area contributed by atoms with Crippen LogP contribution >= 0.6 is 0 Å². The van der Waals surface area contributed by atoms with Gasteiger partial charge in [0, 0.05) is 25.2 Å². The molecule has 0 spiro atoms. The van der Waals surface area contributed by atoms with E-state index in [1.165, 1.54) is 6.07 Å². The molecule has 1 fully saturated rings. The number of nitrogens with zero attached hydrogens (tertiary/aromatic N) is 5. The Labute approximate surface area is 161 Å². The number of benzene rings is 1. The van der Waals surface area contributed by atoms with Crippen molar-refractivity contribution >= 4 is 5.91 Å². The van der Waals surface area contributed by atoms with Crippen molar-refractivity contribution in [3.8, 4) is 11.6 Å². The van der Waals surface area contributed by atoms with E-state index in [2.05, 4.69) is 20.1 Å². The summed E-state index contributed by atoms with van der Waals surface area (Å²) in [5.74, 6) is 0.684. The molecule has 1 aliphatic rings. The second kappa shape index (κ2) is 7.84. The summed E-state index contributed by atoms with van der Waals surface area (Å²) in [6.45, 7) is 3.04. The van der Waals surface area contributed by atoms with E-state index >= 15 is 0 Å². The van der Waals surface area contributed by atoms with Crippen LogP contribution in [-0.2, 0) is 11.2 Å². The highest BCUT2D eigenvalue weighted by Gasteiger charge is 2.27. The molecule has 8 heteroatoms. The van der Waals surface area contributed by atoms with E-state index < -0.39 is 0 Å². The van der Waals surface area contributed by atoms with E-state index in [0.717, 1.165) is 18.5 Å². The fourth-order valence-corrected chi connectivity index (χ4v) is 3.31. The van der Waals surface area contributed by atoms with Gasteiger partial charge in [0.1, 0.15) is 11.5 Å². The summed E-state index contributed by atoms with van der Waals surface area (Å²) in [4.78, 5) is 27.1. The molecule has 0 N–H and O–H groups in total. The molecule has 0 aliphatic carbocycles. The van der Waals surface area contributed by atoms with Gasteiger partial charge in [-0.05, 0) is 31.4 Å². The molecular formula is C20H20FN5O2. The van der Waals surface area contributed by atoms with E-state index in [1.54, 1.807) is 35.5 Å². The highest BCUT2D eigenvalue weighted by Crippen LogP contribution is 2.28. The van der Waals surface area contributed by atoms with E-state index in [4.69, 9.17) is 4.52 Å². The van der Waals surface area contributed by atoms with Gasteiger partial charge in [0.2, 0.25) is 5.91 Å². The first-order valence-electron chi connectivity index (χ1n) is 9.24. The summed E-state index contributed by atoms with van der Waals surface area (Å²) in [6, 6.07) is 6.39. The molecular weight excluding hydrogens is 361 g/mol. The summed E-state index contributed by atoms with van der Waals surface area (Å²) in [5, 5.41) is 4.08. The van der Waals surface area contributed by atoms with Crippen molar-refractivity contribution in [3.63, 3.8) is 0 Å². The molecule has 0 unspecified atom stereocenters. The largest absolute Gasteiger partial charge is 0.342 e. The molecule has 0 saturated carbocycles. The maximum atomic E-state index is 13.8. The standard InChI is InChI=1S/C20H20FN5O2/c1-13-11-23-17(12-22-13)20-24-19(25-28-20)14-6-8-26(9-7-14)18(27)10-15-4-2-3-5-16(15)21/h2-5,11-12,14H,6-10H2,1H3. The van der Waals surface area contributed by atoms with E-state index in [9.17, 15) is 9.18 Å². The van der Waals surface area contributed by atoms with E-state index in [0.29, 0.717) is 36.1 Å². The molecule has 3 heterocycles. The Kier molecular flexibility index (Phi) is 5.10. The zero-order valence-electron chi connectivity index (χ0n) is 15.5. The molecule has 0 bridgehead atoms. The smallest absolute Gasteiger partial charge is 0.278 e. The zero-order chi connectivity index (χ0) is 19.5. The number of hydrogen-bond acceptors (Lipinski definition) is 6. The third-order valence-corrected chi connectivity index (χ3v) is 4.95. The fraction of sp³-hybridized carbons (Fsp3) is 0.350. The van der Waals surface area contributed by atoms with Crippen LogP contribution in [0.5, 0.6) is 0 Å². The van der Waals surface area contributed by atoms with Crippen LogP contribution in [0.25, 0.3) is 11.6 Å². The molecule has 0 atom stereocenters. The van der Waals surface area contributed by atoms with Crippen LogP contribution < -0.4 is 0 Å².